The number of amides is 1. The van der Waals surface area contributed by atoms with Crippen LogP contribution in [-0.4, -0.2) is 35.0 Å². The monoisotopic (exact) mass is 408 g/mol. The highest BCUT2D eigenvalue weighted by Crippen LogP contribution is 2.38. The van der Waals surface area contributed by atoms with Crippen molar-refractivity contribution < 1.29 is 4.79 Å². The molecule has 0 unspecified atom stereocenters. The molecule has 1 amide bonds. The number of aromatic nitrogens is 2. The quantitative estimate of drug-likeness (QED) is 0.713. The average molecular weight is 409 g/mol. The summed E-state index contributed by atoms with van der Waals surface area (Å²) in [7, 11) is 1.88. The Hall–Kier alpha value is -2.09. The summed E-state index contributed by atoms with van der Waals surface area (Å²) in [6.07, 6.45) is 3.72. The molecule has 7 nitrogen and oxygen atoms in total. The van der Waals surface area contributed by atoms with Crippen LogP contribution in [0.5, 0.6) is 0 Å². The summed E-state index contributed by atoms with van der Waals surface area (Å²) < 4.78 is 0. The van der Waals surface area contributed by atoms with Crippen molar-refractivity contribution in [2.45, 2.75) is 37.8 Å². The summed E-state index contributed by atoms with van der Waals surface area (Å²) >= 11 is 12.4. The molecule has 0 saturated heterocycles. The first-order chi connectivity index (χ1) is 12.8. The van der Waals surface area contributed by atoms with Gasteiger partial charge in [0.15, 0.2) is 0 Å². The number of carbonyl (C=O) groups excluding carboxylic acids is 1. The van der Waals surface area contributed by atoms with Crippen molar-refractivity contribution in [2.24, 2.45) is 11.5 Å². The summed E-state index contributed by atoms with van der Waals surface area (Å²) in [5, 5.41) is 0.600. The number of nitrogens with zero attached hydrogens (tertiary/aromatic N) is 3. The molecule has 1 fully saturated rings. The zero-order valence-corrected chi connectivity index (χ0v) is 16.5. The maximum atomic E-state index is 12.1. The van der Waals surface area contributed by atoms with Crippen LogP contribution in [0.15, 0.2) is 18.2 Å². The molecule has 27 heavy (non-hydrogen) atoms. The van der Waals surface area contributed by atoms with Crippen molar-refractivity contribution in [1.29, 1.82) is 0 Å². The Morgan fingerprint density at radius 3 is 2.48 bits per heavy atom. The van der Waals surface area contributed by atoms with Crippen molar-refractivity contribution in [3.05, 3.63) is 33.9 Å². The standard InChI is InChI=1S/C18H22Cl2N6O/c1-26(10-7-5-9(21)6-8-10)18-24-15(17(23)27)13(16(22)25-18)11-3-2-4-12(19)14(11)20/h2-4,9-10H,5-8,21H2,1H3,(H2,23,27)(H2,22,24,25)/t9-,10-. The maximum Gasteiger partial charge on any atom is 0.268 e. The van der Waals surface area contributed by atoms with Crippen molar-refractivity contribution in [2.75, 3.05) is 17.7 Å². The van der Waals surface area contributed by atoms with E-state index >= 15 is 0 Å². The van der Waals surface area contributed by atoms with Gasteiger partial charge in [0.05, 0.1) is 15.6 Å². The van der Waals surface area contributed by atoms with Gasteiger partial charge in [-0.2, -0.15) is 4.98 Å². The second-order valence-corrected chi connectivity index (χ2v) is 7.56. The van der Waals surface area contributed by atoms with Crippen molar-refractivity contribution in [1.82, 2.24) is 9.97 Å². The molecule has 1 aliphatic rings. The molecule has 3 rings (SSSR count). The number of rotatable bonds is 4. The highest BCUT2D eigenvalue weighted by atomic mass is 35.5. The predicted octanol–water partition coefficient (Wildman–Crippen LogP) is 2.84. The second-order valence-electron chi connectivity index (χ2n) is 6.78. The van der Waals surface area contributed by atoms with E-state index in [2.05, 4.69) is 9.97 Å². The van der Waals surface area contributed by atoms with Crippen molar-refractivity contribution in [3.63, 3.8) is 0 Å². The molecule has 0 radical (unpaired) electrons. The molecule has 0 aliphatic heterocycles. The molecular formula is C18H22Cl2N6O. The molecule has 9 heteroatoms. The molecular weight excluding hydrogens is 387 g/mol. The maximum absolute atomic E-state index is 12.1. The molecule has 0 spiro atoms. The van der Waals surface area contributed by atoms with Gasteiger partial charge in [-0.15, -0.1) is 0 Å². The third kappa shape index (κ3) is 3.95. The van der Waals surface area contributed by atoms with E-state index in [9.17, 15) is 4.79 Å². The van der Waals surface area contributed by atoms with E-state index in [-0.39, 0.29) is 34.2 Å². The Kier molecular flexibility index (Phi) is 5.74. The molecule has 0 atom stereocenters. The van der Waals surface area contributed by atoms with E-state index in [0.29, 0.717) is 16.5 Å². The number of anilines is 2. The van der Waals surface area contributed by atoms with Gasteiger partial charge >= 0.3 is 0 Å². The van der Waals surface area contributed by atoms with Gasteiger partial charge in [-0.3, -0.25) is 4.79 Å². The third-order valence-corrected chi connectivity index (χ3v) is 5.80. The molecule has 144 valence electrons. The minimum absolute atomic E-state index is 0.0148. The van der Waals surface area contributed by atoms with Gasteiger partial charge in [-0.05, 0) is 31.7 Å². The van der Waals surface area contributed by atoms with E-state index in [0.717, 1.165) is 25.7 Å². The first-order valence-corrected chi connectivity index (χ1v) is 9.45. The van der Waals surface area contributed by atoms with Gasteiger partial charge in [0, 0.05) is 24.7 Å². The van der Waals surface area contributed by atoms with E-state index in [1.165, 1.54) is 0 Å². The fraction of sp³-hybridized carbons (Fsp3) is 0.389. The number of hydrogen-bond donors (Lipinski definition) is 3. The fourth-order valence-electron chi connectivity index (χ4n) is 3.42. The van der Waals surface area contributed by atoms with Crippen LogP contribution in [-0.2, 0) is 0 Å². The molecule has 1 heterocycles. The molecule has 0 bridgehead atoms. The van der Waals surface area contributed by atoms with E-state index in [1.807, 2.05) is 11.9 Å². The average Bonchev–Trinajstić information content (AvgIpc) is 2.63. The number of halogens is 2. The van der Waals surface area contributed by atoms with Crippen LogP contribution < -0.4 is 22.1 Å². The normalized spacial score (nSPS) is 19.7. The second kappa shape index (κ2) is 7.88. The van der Waals surface area contributed by atoms with Gasteiger partial charge in [0.25, 0.3) is 5.91 Å². The predicted molar refractivity (Wildman–Crippen MR) is 109 cm³/mol. The van der Waals surface area contributed by atoms with Gasteiger partial charge in [0.2, 0.25) is 5.95 Å². The number of benzene rings is 1. The third-order valence-electron chi connectivity index (χ3n) is 4.98. The number of hydrogen-bond acceptors (Lipinski definition) is 6. The Morgan fingerprint density at radius 1 is 1.19 bits per heavy atom. The highest BCUT2D eigenvalue weighted by molar-refractivity contribution is 6.44. The SMILES string of the molecule is CN(c1nc(N)c(-c2cccc(Cl)c2Cl)c(C(N)=O)n1)[C@H]1CC[C@H](N)CC1. The van der Waals surface area contributed by atoms with Crippen molar-refractivity contribution in [3.8, 4) is 11.1 Å². The van der Waals surface area contributed by atoms with E-state index in [4.69, 9.17) is 40.4 Å². The van der Waals surface area contributed by atoms with Crippen LogP contribution in [0.3, 0.4) is 0 Å². The Balaban J connectivity index is 2.05. The largest absolute Gasteiger partial charge is 0.383 e. The Morgan fingerprint density at radius 2 is 1.85 bits per heavy atom. The summed E-state index contributed by atoms with van der Waals surface area (Å²) in [6, 6.07) is 5.50. The molecule has 1 saturated carbocycles. The zero-order chi connectivity index (χ0) is 19.7. The number of primary amides is 1. The van der Waals surface area contributed by atoms with Crippen LogP contribution in [0.25, 0.3) is 11.1 Å². The Bertz CT molecular complexity index is 867. The molecule has 1 aliphatic carbocycles. The lowest BCUT2D eigenvalue weighted by Gasteiger charge is -2.33. The van der Waals surface area contributed by atoms with Gasteiger partial charge in [0.1, 0.15) is 11.5 Å². The minimum atomic E-state index is -0.713. The van der Waals surface area contributed by atoms with Crippen LogP contribution in [0.4, 0.5) is 11.8 Å². The summed E-state index contributed by atoms with van der Waals surface area (Å²) in [5.74, 6) is -0.239. The lowest BCUT2D eigenvalue weighted by atomic mass is 9.91. The highest BCUT2D eigenvalue weighted by Gasteiger charge is 2.27. The summed E-state index contributed by atoms with van der Waals surface area (Å²) in [6.45, 7) is 0. The summed E-state index contributed by atoms with van der Waals surface area (Å²) in [4.78, 5) is 22.8. The fourth-order valence-corrected chi connectivity index (χ4v) is 3.81. The van der Waals surface area contributed by atoms with Crippen LogP contribution in [0.1, 0.15) is 36.2 Å². The van der Waals surface area contributed by atoms with E-state index < -0.39 is 5.91 Å². The van der Waals surface area contributed by atoms with Gasteiger partial charge in [-0.25, -0.2) is 4.98 Å². The smallest absolute Gasteiger partial charge is 0.268 e. The van der Waals surface area contributed by atoms with Gasteiger partial charge in [-0.1, -0.05) is 35.3 Å². The summed E-state index contributed by atoms with van der Waals surface area (Å²) in [5.41, 5.74) is 18.5. The lowest BCUT2D eigenvalue weighted by Crippen LogP contribution is -2.39. The number of nitrogens with two attached hydrogens (primary N) is 3. The van der Waals surface area contributed by atoms with Gasteiger partial charge < -0.3 is 22.1 Å². The van der Waals surface area contributed by atoms with Crippen LogP contribution in [0, 0.1) is 0 Å². The minimum Gasteiger partial charge on any atom is -0.383 e. The zero-order valence-electron chi connectivity index (χ0n) is 15.0. The van der Waals surface area contributed by atoms with Crippen LogP contribution >= 0.6 is 23.2 Å². The molecule has 6 N–H and O–H groups in total. The lowest BCUT2D eigenvalue weighted by molar-refractivity contribution is 0.0996. The Labute approximate surface area is 167 Å². The first kappa shape index (κ1) is 19.7. The number of carbonyl (C=O) groups is 1. The molecule has 1 aromatic heterocycles. The number of nitrogen functional groups attached to an aromatic ring is 1. The first-order valence-electron chi connectivity index (χ1n) is 8.69. The van der Waals surface area contributed by atoms with Crippen LogP contribution in [0.2, 0.25) is 10.0 Å². The molecule has 1 aromatic carbocycles. The topological polar surface area (TPSA) is 124 Å². The van der Waals surface area contributed by atoms with Crippen molar-refractivity contribution >= 4 is 40.9 Å². The molecule has 2 aromatic rings. The van der Waals surface area contributed by atoms with E-state index in [1.54, 1.807) is 18.2 Å².